The van der Waals surface area contributed by atoms with Crippen LogP contribution < -0.4 is 10.6 Å². The Morgan fingerprint density at radius 3 is 2.33 bits per heavy atom. The fourth-order valence-electron chi connectivity index (χ4n) is 2.58. The van der Waals surface area contributed by atoms with Gasteiger partial charge in [-0.3, -0.25) is 4.99 Å². The van der Waals surface area contributed by atoms with E-state index >= 15 is 0 Å². The molecule has 3 rings (SSSR count). The third kappa shape index (κ3) is 6.63. The Bertz CT molecular complexity index is 866. The lowest BCUT2D eigenvalue weighted by atomic mass is 10.1. The summed E-state index contributed by atoms with van der Waals surface area (Å²) in [5.41, 5.74) is 3.15. The van der Waals surface area contributed by atoms with Crippen molar-refractivity contribution in [3.05, 3.63) is 83.7 Å². The highest BCUT2D eigenvalue weighted by Crippen LogP contribution is 2.07. The summed E-state index contributed by atoms with van der Waals surface area (Å²) in [6.45, 7) is 1.82. The highest BCUT2D eigenvalue weighted by molar-refractivity contribution is 14.0. The van der Waals surface area contributed by atoms with Crippen molar-refractivity contribution in [3.8, 4) is 0 Å². The van der Waals surface area contributed by atoms with Crippen LogP contribution in [0.2, 0.25) is 0 Å². The van der Waals surface area contributed by atoms with Crippen LogP contribution in [0.1, 0.15) is 16.7 Å². The predicted molar refractivity (Wildman–Crippen MR) is 114 cm³/mol. The maximum absolute atomic E-state index is 13.2. The zero-order valence-corrected chi connectivity index (χ0v) is 17.3. The van der Waals surface area contributed by atoms with E-state index in [4.69, 9.17) is 0 Å². The van der Waals surface area contributed by atoms with Crippen molar-refractivity contribution in [1.29, 1.82) is 0 Å². The van der Waals surface area contributed by atoms with Crippen LogP contribution in [0.4, 0.5) is 4.39 Å². The number of aromatic nitrogens is 3. The van der Waals surface area contributed by atoms with Crippen LogP contribution in [0.3, 0.4) is 0 Å². The first-order chi connectivity index (χ1) is 12.7. The van der Waals surface area contributed by atoms with Crippen molar-refractivity contribution in [2.45, 2.75) is 19.6 Å². The minimum atomic E-state index is -0.239. The van der Waals surface area contributed by atoms with Crippen molar-refractivity contribution in [2.24, 2.45) is 4.99 Å². The summed E-state index contributed by atoms with van der Waals surface area (Å²) in [4.78, 5) is 8.16. The molecule has 27 heavy (non-hydrogen) atoms. The molecule has 0 fully saturated rings. The molecule has 0 bridgehead atoms. The zero-order chi connectivity index (χ0) is 18.2. The van der Waals surface area contributed by atoms with Gasteiger partial charge in [-0.1, -0.05) is 36.4 Å². The van der Waals surface area contributed by atoms with Gasteiger partial charge in [0.2, 0.25) is 0 Å². The summed E-state index contributed by atoms with van der Waals surface area (Å²) in [7, 11) is 1.71. The van der Waals surface area contributed by atoms with Crippen LogP contribution in [-0.2, 0) is 19.6 Å². The van der Waals surface area contributed by atoms with Crippen LogP contribution in [0, 0.1) is 5.82 Å². The number of halogens is 2. The van der Waals surface area contributed by atoms with Gasteiger partial charge in [0.25, 0.3) is 0 Å². The number of aliphatic imine (C=N–C) groups is 1. The van der Waals surface area contributed by atoms with Crippen LogP contribution in [-0.4, -0.2) is 27.8 Å². The van der Waals surface area contributed by atoms with E-state index in [0.717, 1.165) is 16.7 Å². The topological polar surface area (TPSA) is 67.1 Å². The van der Waals surface area contributed by atoms with Gasteiger partial charge < -0.3 is 10.6 Å². The number of guanidine groups is 1. The molecular weight excluding hydrogens is 458 g/mol. The summed E-state index contributed by atoms with van der Waals surface area (Å²) >= 11 is 0. The Morgan fingerprint density at radius 1 is 1.04 bits per heavy atom. The van der Waals surface area contributed by atoms with E-state index in [0.29, 0.717) is 25.6 Å². The molecule has 0 saturated carbocycles. The highest BCUT2D eigenvalue weighted by Gasteiger charge is 2.02. The largest absolute Gasteiger partial charge is 0.352 e. The Kier molecular flexibility index (Phi) is 8.18. The van der Waals surface area contributed by atoms with Crippen LogP contribution >= 0.6 is 24.0 Å². The number of benzene rings is 2. The van der Waals surface area contributed by atoms with Crippen molar-refractivity contribution in [1.82, 2.24) is 25.4 Å². The molecule has 142 valence electrons. The summed E-state index contributed by atoms with van der Waals surface area (Å²) in [5, 5.41) is 10.6. The molecule has 1 heterocycles. The standard InChI is InChI=1S/C19H21FN6.HI/c1-21-19(24-11-16-5-3-7-18(20)9-16)23-10-15-4-2-6-17(8-15)12-26-14-22-13-25-26;/h2-9,13-14H,10-12H2,1H3,(H2,21,23,24);1H. The SMILES string of the molecule is CN=C(NCc1cccc(F)c1)NCc1cccc(Cn2cncn2)c1.I. The van der Waals surface area contributed by atoms with Gasteiger partial charge in [-0.2, -0.15) is 5.10 Å². The number of hydrogen-bond acceptors (Lipinski definition) is 3. The molecule has 0 amide bonds. The van der Waals surface area contributed by atoms with Crippen molar-refractivity contribution in [2.75, 3.05) is 7.05 Å². The van der Waals surface area contributed by atoms with E-state index in [1.54, 1.807) is 24.1 Å². The minimum Gasteiger partial charge on any atom is -0.352 e. The van der Waals surface area contributed by atoms with Crippen molar-refractivity contribution >= 4 is 29.9 Å². The minimum absolute atomic E-state index is 0. The first-order valence-corrected chi connectivity index (χ1v) is 8.32. The molecule has 0 aliphatic carbocycles. The van der Waals surface area contributed by atoms with Gasteiger partial charge in [0.05, 0.1) is 6.54 Å². The summed E-state index contributed by atoms with van der Waals surface area (Å²) in [6, 6.07) is 14.8. The molecule has 0 unspecified atom stereocenters. The van der Waals surface area contributed by atoms with Crippen LogP contribution in [0.5, 0.6) is 0 Å². The molecule has 0 saturated heterocycles. The monoisotopic (exact) mass is 480 g/mol. The van der Waals surface area contributed by atoms with Gasteiger partial charge in [-0.05, 0) is 28.8 Å². The Hall–Kier alpha value is -2.49. The lowest BCUT2D eigenvalue weighted by Gasteiger charge is -2.13. The molecule has 6 nitrogen and oxygen atoms in total. The smallest absolute Gasteiger partial charge is 0.191 e. The Labute approximate surface area is 175 Å². The predicted octanol–water partition coefficient (Wildman–Crippen LogP) is 2.95. The molecule has 0 spiro atoms. The van der Waals surface area contributed by atoms with E-state index in [9.17, 15) is 4.39 Å². The fourth-order valence-corrected chi connectivity index (χ4v) is 2.58. The van der Waals surface area contributed by atoms with E-state index in [1.807, 2.05) is 12.1 Å². The Balaban J connectivity index is 0.00000261. The number of nitrogens with zero attached hydrogens (tertiary/aromatic N) is 4. The number of hydrogen-bond donors (Lipinski definition) is 2. The van der Waals surface area contributed by atoms with E-state index in [2.05, 4.69) is 43.9 Å². The van der Waals surface area contributed by atoms with Crippen molar-refractivity contribution < 1.29 is 4.39 Å². The average molecular weight is 480 g/mol. The third-order valence-corrected chi connectivity index (χ3v) is 3.84. The zero-order valence-electron chi connectivity index (χ0n) is 15.0. The number of nitrogens with one attached hydrogen (secondary N) is 2. The van der Waals surface area contributed by atoms with Crippen molar-refractivity contribution in [3.63, 3.8) is 0 Å². The molecule has 3 aromatic rings. The van der Waals surface area contributed by atoms with E-state index < -0.39 is 0 Å². The molecule has 2 aromatic carbocycles. The van der Waals surface area contributed by atoms with Crippen LogP contribution in [0.25, 0.3) is 0 Å². The first kappa shape index (κ1) is 20.8. The molecular formula is C19H22FIN6. The van der Waals surface area contributed by atoms with Gasteiger partial charge in [-0.15, -0.1) is 24.0 Å². The second-order valence-electron chi connectivity index (χ2n) is 5.82. The maximum Gasteiger partial charge on any atom is 0.191 e. The summed E-state index contributed by atoms with van der Waals surface area (Å²) < 4.78 is 15.0. The summed E-state index contributed by atoms with van der Waals surface area (Å²) in [5.74, 6) is 0.424. The molecule has 1 aromatic heterocycles. The lowest BCUT2D eigenvalue weighted by Crippen LogP contribution is -2.36. The number of rotatable bonds is 6. The summed E-state index contributed by atoms with van der Waals surface area (Å²) in [6.07, 6.45) is 3.22. The Morgan fingerprint density at radius 2 is 1.70 bits per heavy atom. The molecule has 0 atom stereocenters. The molecule has 0 aliphatic heterocycles. The average Bonchev–Trinajstić information content (AvgIpc) is 3.15. The van der Waals surface area contributed by atoms with E-state index in [-0.39, 0.29) is 29.8 Å². The highest BCUT2D eigenvalue weighted by atomic mass is 127. The van der Waals surface area contributed by atoms with Gasteiger partial charge in [-0.25, -0.2) is 14.1 Å². The second-order valence-corrected chi connectivity index (χ2v) is 5.82. The van der Waals surface area contributed by atoms with Gasteiger partial charge in [0, 0.05) is 20.1 Å². The third-order valence-electron chi connectivity index (χ3n) is 3.84. The second kappa shape index (κ2) is 10.6. The quantitative estimate of drug-likeness (QED) is 0.324. The molecule has 8 heteroatoms. The normalized spacial score (nSPS) is 11.0. The first-order valence-electron chi connectivity index (χ1n) is 8.32. The molecule has 2 N–H and O–H groups in total. The molecule has 0 radical (unpaired) electrons. The maximum atomic E-state index is 13.2. The lowest BCUT2D eigenvalue weighted by molar-refractivity contribution is 0.624. The van der Waals surface area contributed by atoms with Gasteiger partial charge in [0.1, 0.15) is 18.5 Å². The van der Waals surface area contributed by atoms with Crippen LogP contribution in [0.15, 0.2) is 66.2 Å². The fraction of sp³-hybridized carbons (Fsp3) is 0.211. The van der Waals surface area contributed by atoms with Gasteiger partial charge in [0.15, 0.2) is 5.96 Å². The molecule has 0 aliphatic rings. The van der Waals surface area contributed by atoms with E-state index in [1.165, 1.54) is 18.5 Å². The van der Waals surface area contributed by atoms with Gasteiger partial charge >= 0.3 is 0 Å².